The standard InChI is InChI=1S/C25H25N5O3S/c26-34(31,32)22-10-8-21(9-11-22)28-25-27-16-20-2-1-3-23(24(20)29-25)19-6-4-18(5-7-19)17-30-12-14-33-15-13-30/h1-11,16H,12-15,17H2,(H2,26,31,32)(H,27,28,29). The number of primary sulfonamides is 1. The van der Waals surface area contributed by atoms with Gasteiger partial charge < -0.3 is 10.1 Å². The summed E-state index contributed by atoms with van der Waals surface area (Å²) in [6.07, 6.45) is 1.78. The third-order valence-corrected chi connectivity index (χ3v) is 6.75. The summed E-state index contributed by atoms with van der Waals surface area (Å²) in [5.41, 5.74) is 4.87. The van der Waals surface area contributed by atoms with Crippen molar-refractivity contribution in [2.45, 2.75) is 11.4 Å². The van der Waals surface area contributed by atoms with E-state index >= 15 is 0 Å². The number of nitrogens with one attached hydrogen (secondary N) is 1. The van der Waals surface area contributed by atoms with E-state index in [1.165, 1.54) is 17.7 Å². The molecule has 1 aliphatic rings. The molecule has 2 heterocycles. The monoisotopic (exact) mass is 475 g/mol. The van der Waals surface area contributed by atoms with Crippen LogP contribution in [-0.2, 0) is 21.3 Å². The first-order chi connectivity index (χ1) is 16.5. The molecule has 5 rings (SSSR count). The molecule has 1 aliphatic heterocycles. The number of nitrogens with two attached hydrogens (primary N) is 1. The van der Waals surface area contributed by atoms with Crippen molar-refractivity contribution in [1.82, 2.24) is 14.9 Å². The zero-order valence-electron chi connectivity index (χ0n) is 18.5. The molecule has 3 N–H and O–H groups in total. The van der Waals surface area contributed by atoms with Crippen molar-refractivity contribution in [3.8, 4) is 11.1 Å². The Kier molecular flexibility index (Phi) is 6.25. The molecule has 34 heavy (non-hydrogen) atoms. The molecule has 1 saturated heterocycles. The Labute approximate surface area is 198 Å². The highest BCUT2D eigenvalue weighted by Crippen LogP contribution is 2.29. The van der Waals surface area contributed by atoms with Gasteiger partial charge in [0.05, 0.1) is 23.6 Å². The van der Waals surface area contributed by atoms with Crippen LogP contribution in [0, 0.1) is 0 Å². The van der Waals surface area contributed by atoms with Crippen molar-refractivity contribution in [3.05, 3.63) is 78.5 Å². The Morgan fingerprint density at radius 2 is 1.71 bits per heavy atom. The van der Waals surface area contributed by atoms with Gasteiger partial charge in [-0.15, -0.1) is 0 Å². The van der Waals surface area contributed by atoms with Crippen LogP contribution in [0.4, 0.5) is 11.6 Å². The van der Waals surface area contributed by atoms with Gasteiger partial charge in [-0.25, -0.2) is 23.5 Å². The lowest BCUT2D eigenvalue weighted by Gasteiger charge is -2.26. The van der Waals surface area contributed by atoms with Crippen LogP contribution < -0.4 is 10.5 Å². The molecule has 0 saturated carbocycles. The van der Waals surface area contributed by atoms with Crippen LogP contribution in [0.3, 0.4) is 0 Å². The van der Waals surface area contributed by atoms with Crippen molar-refractivity contribution >= 4 is 32.6 Å². The molecule has 0 bridgehead atoms. The molecular formula is C25H25N5O3S. The minimum absolute atomic E-state index is 0.0526. The molecule has 174 valence electrons. The largest absolute Gasteiger partial charge is 0.379 e. The van der Waals surface area contributed by atoms with Gasteiger partial charge in [0, 0.05) is 42.5 Å². The van der Waals surface area contributed by atoms with Crippen molar-refractivity contribution < 1.29 is 13.2 Å². The van der Waals surface area contributed by atoms with E-state index in [1.54, 1.807) is 18.3 Å². The molecule has 4 aromatic rings. The summed E-state index contributed by atoms with van der Waals surface area (Å²) in [4.78, 5) is 11.6. The van der Waals surface area contributed by atoms with E-state index in [0.717, 1.165) is 54.9 Å². The first kappa shape index (κ1) is 22.4. The van der Waals surface area contributed by atoms with Crippen molar-refractivity contribution in [3.63, 3.8) is 0 Å². The predicted molar refractivity (Wildman–Crippen MR) is 132 cm³/mol. The number of sulfonamides is 1. The van der Waals surface area contributed by atoms with Gasteiger partial charge in [0.15, 0.2) is 0 Å². The van der Waals surface area contributed by atoms with E-state index in [9.17, 15) is 8.42 Å². The second-order valence-corrected chi connectivity index (χ2v) is 9.78. The Balaban J connectivity index is 1.39. The summed E-state index contributed by atoms with van der Waals surface area (Å²) in [5.74, 6) is 0.423. The fourth-order valence-electron chi connectivity index (χ4n) is 4.01. The molecule has 1 fully saturated rings. The van der Waals surface area contributed by atoms with Gasteiger partial charge in [-0.1, -0.05) is 42.5 Å². The normalized spacial score (nSPS) is 14.9. The number of nitrogens with zero attached hydrogens (tertiary/aromatic N) is 3. The van der Waals surface area contributed by atoms with E-state index in [4.69, 9.17) is 14.9 Å². The van der Waals surface area contributed by atoms with E-state index in [0.29, 0.717) is 11.6 Å². The fraction of sp³-hybridized carbons (Fsp3) is 0.200. The molecule has 0 atom stereocenters. The third kappa shape index (κ3) is 5.07. The van der Waals surface area contributed by atoms with Gasteiger partial charge in [0.1, 0.15) is 0 Å². The van der Waals surface area contributed by atoms with Crippen LogP contribution in [0.15, 0.2) is 77.8 Å². The van der Waals surface area contributed by atoms with E-state index < -0.39 is 10.0 Å². The molecule has 0 aliphatic carbocycles. The van der Waals surface area contributed by atoms with E-state index in [1.807, 2.05) is 12.1 Å². The van der Waals surface area contributed by atoms with Gasteiger partial charge in [-0.3, -0.25) is 4.90 Å². The maximum absolute atomic E-state index is 11.5. The molecule has 0 radical (unpaired) electrons. The number of morpholine rings is 1. The molecule has 0 amide bonds. The van der Waals surface area contributed by atoms with Crippen LogP contribution >= 0.6 is 0 Å². The first-order valence-corrected chi connectivity index (χ1v) is 12.6. The number of hydrogen-bond donors (Lipinski definition) is 2. The third-order valence-electron chi connectivity index (χ3n) is 5.82. The Bertz CT molecular complexity index is 1400. The second-order valence-electron chi connectivity index (χ2n) is 8.22. The molecule has 9 heteroatoms. The molecule has 8 nitrogen and oxygen atoms in total. The number of hydrogen-bond acceptors (Lipinski definition) is 7. The maximum atomic E-state index is 11.5. The maximum Gasteiger partial charge on any atom is 0.238 e. The quantitative estimate of drug-likeness (QED) is 0.439. The lowest BCUT2D eigenvalue weighted by atomic mass is 10.0. The van der Waals surface area contributed by atoms with Crippen molar-refractivity contribution in [2.24, 2.45) is 5.14 Å². The second kappa shape index (κ2) is 9.47. The lowest BCUT2D eigenvalue weighted by molar-refractivity contribution is 0.0342. The summed E-state index contributed by atoms with van der Waals surface area (Å²) in [6.45, 7) is 4.42. The van der Waals surface area contributed by atoms with Gasteiger partial charge >= 0.3 is 0 Å². The highest BCUT2D eigenvalue weighted by molar-refractivity contribution is 7.89. The van der Waals surface area contributed by atoms with Gasteiger partial charge in [0.25, 0.3) is 0 Å². The fourth-order valence-corrected chi connectivity index (χ4v) is 4.53. The Morgan fingerprint density at radius 3 is 2.41 bits per heavy atom. The van der Waals surface area contributed by atoms with Gasteiger partial charge in [0.2, 0.25) is 16.0 Å². The van der Waals surface area contributed by atoms with Gasteiger partial charge in [-0.2, -0.15) is 0 Å². The average Bonchev–Trinajstić information content (AvgIpc) is 2.85. The predicted octanol–water partition coefficient (Wildman–Crippen LogP) is 3.52. The van der Waals surface area contributed by atoms with Crippen molar-refractivity contribution in [1.29, 1.82) is 0 Å². The smallest absolute Gasteiger partial charge is 0.238 e. The van der Waals surface area contributed by atoms with Gasteiger partial charge in [-0.05, 0) is 35.4 Å². The number of fused-ring (bicyclic) bond motifs is 1. The van der Waals surface area contributed by atoms with Crippen molar-refractivity contribution in [2.75, 3.05) is 31.6 Å². The summed E-state index contributed by atoms with van der Waals surface area (Å²) < 4.78 is 28.4. The summed E-state index contributed by atoms with van der Waals surface area (Å²) in [5, 5.41) is 9.24. The molecule has 3 aromatic carbocycles. The average molecular weight is 476 g/mol. The number of para-hydroxylation sites is 1. The number of rotatable bonds is 6. The lowest BCUT2D eigenvalue weighted by Crippen LogP contribution is -2.35. The molecule has 0 unspecified atom stereocenters. The zero-order valence-corrected chi connectivity index (χ0v) is 19.3. The highest BCUT2D eigenvalue weighted by atomic mass is 32.2. The summed E-state index contributed by atoms with van der Waals surface area (Å²) >= 11 is 0. The Morgan fingerprint density at radius 1 is 0.971 bits per heavy atom. The Hall–Kier alpha value is -3.37. The highest BCUT2D eigenvalue weighted by Gasteiger charge is 2.12. The number of benzene rings is 3. The minimum Gasteiger partial charge on any atom is -0.379 e. The summed E-state index contributed by atoms with van der Waals surface area (Å²) in [6, 6.07) is 20.8. The molecular weight excluding hydrogens is 450 g/mol. The number of ether oxygens (including phenoxy) is 1. The number of anilines is 2. The van der Waals surface area contributed by atoms with Crippen LogP contribution in [0.1, 0.15) is 5.56 Å². The van der Waals surface area contributed by atoms with Crippen LogP contribution in [0.5, 0.6) is 0 Å². The number of aromatic nitrogens is 2. The van der Waals surface area contributed by atoms with E-state index in [2.05, 4.69) is 45.5 Å². The first-order valence-electron chi connectivity index (χ1n) is 11.0. The van der Waals surface area contributed by atoms with Crippen LogP contribution in [0.2, 0.25) is 0 Å². The molecule has 0 spiro atoms. The SMILES string of the molecule is NS(=O)(=O)c1ccc(Nc2ncc3cccc(-c4ccc(CN5CCOCC5)cc4)c3n2)cc1. The topological polar surface area (TPSA) is 110 Å². The van der Waals surface area contributed by atoms with E-state index in [-0.39, 0.29) is 4.90 Å². The summed E-state index contributed by atoms with van der Waals surface area (Å²) in [7, 11) is -3.74. The minimum atomic E-state index is -3.74. The van der Waals surface area contributed by atoms with Crippen LogP contribution in [0.25, 0.3) is 22.0 Å². The molecule has 1 aromatic heterocycles. The van der Waals surface area contributed by atoms with Crippen LogP contribution in [-0.4, -0.2) is 49.6 Å². The zero-order chi connectivity index (χ0) is 23.5.